The molecule has 0 atom stereocenters. The van der Waals surface area contributed by atoms with Gasteiger partial charge < -0.3 is 11.1 Å². The van der Waals surface area contributed by atoms with Crippen LogP contribution in [0.5, 0.6) is 0 Å². The highest BCUT2D eigenvalue weighted by molar-refractivity contribution is 6.42. The predicted molar refractivity (Wildman–Crippen MR) is 84.3 cm³/mol. The van der Waals surface area contributed by atoms with Crippen molar-refractivity contribution in [2.75, 3.05) is 11.1 Å². The second kappa shape index (κ2) is 6.64. The van der Waals surface area contributed by atoms with Crippen molar-refractivity contribution >= 4 is 40.5 Å². The third-order valence-corrected chi connectivity index (χ3v) is 3.62. The Morgan fingerprint density at radius 1 is 1.10 bits per heavy atom. The molecule has 0 saturated heterocycles. The van der Waals surface area contributed by atoms with Crippen molar-refractivity contribution in [3.63, 3.8) is 0 Å². The van der Waals surface area contributed by atoms with Gasteiger partial charge in [-0.3, -0.25) is 4.79 Å². The second-order valence-electron chi connectivity index (χ2n) is 4.38. The lowest BCUT2D eigenvalue weighted by atomic mass is 10.1. The minimum atomic E-state index is -0.0911. The number of nitrogens with one attached hydrogen (secondary N) is 1. The topological polar surface area (TPSA) is 55.1 Å². The first kappa shape index (κ1) is 14.7. The summed E-state index contributed by atoms with van der Waals surface area (Å²) in [6, 6.07) is 12.5. The molecule has 1 amide bonds. The minimum absolute atomic E-state index is 0.0911. The first-order chi connectivity index (χ1) is 9.56. The zero-order chi connectivity index (χ0) is 14.5. The van der Waals surface area contributed by atoms with Crippen molar-refractivity contribution in [3.8, 4) is 0 Å². The lowest BCUT2D eigenvalue weighted by molar-refractivity contribution is -0.116. The van der Waals surface area contributed by atoms with Gasteiger partial charge in [-0.05, 0) is 36.2 Å². The Labute approximate surface area is 127 Å². The summed E-state index contributed by atoms with van der Waals surface area (Å²) in [6.07, 6.45) is 0.953. The third-order valence-electron chi connectivity index (χ3n) is 2.88. The van der Waals surface area contributed by atoms with E-state index in [1.54, 1.807) is 18.2 Å². The fourth-order valence-corrected chi connectivity index (χ4v) is 2.11. The monoisotopic (exact) mass is 308 g/mol. The summed E-state index contributed by atoms with van der Waals surface area (Å²) in [5.74, 6) is -0.0911. The summed E-state index contributed by atoms with van der Waals surface area (Å²) >= 11 is 11.7. The maximum atomic E-state index is 11.9. The van der Waals surface area contributed by atoms with Crippen LogP contribution in [0.25, 0.3) is 0 Å². The normalized spacial score (nSPS) is 10.3. The molecule has 5 heteroatoms. The van der Waals surface area contributed by atoms with Crippen molar-refractivity contribution in [2.24, 2.45) is 0 Å². The summed E-state index contributed by atoms with van der Waals surface area (Å²) in [7, 11) is 0. The number of hydrogen-bond donors (Lipinski definition) is 2. The average molecular weight is 309 g/mol. The van der Waals surface area contributed by atoms with E-state index in [0.717, 1.165) is 5.56 Å². The molecule has 0 fully saturated rings. The lowest BCUT2D eigenvalue weighted by Gasteiger charge is -2.07. The molecule has 2 aromatic rings. The molecule has 2 aromatic carbocycles. The number of benzene rings is 2. The highest BCUT2D eigenvalue weighted by atomic mass is 35.5. The Bertz CT molecular complexity index is 629. The van der Waals surface area contributed by atoms with Crippen LogP contribution in [-0.2, 0) is 11.2 Å². The average Bonchev–Trinajstić information content (AvgIpc) is 2.42. The fourth-order valence-electron chi connectivity index (χ4n) is 1.81. The molecule has 3 nitrogen and oxygen atoms in total. The largest absolute Gasteiger partial charge is 0.399 e. The molecule has 0 unspecified atom stereocenters. The summed E-state index contributed by atoms with van der Waals surface area (Å²) < 4.78 is 0. The zero-order valence-corrected chi connectivity index (χ0v) is 12.2. The van der Waals surface area contributed by atoms with Crippen LogP contribution >= 0.6 is 23.2 Å². The number of amides is 1. The van der Waals surface area contributed by atoms with Crippen molar-refractivity contribution < 1.29 is 4.79 Å². The molecule has 0 aliphatic heterocycles. The van der Waals surface area contributed by atoms with Crippen LogP contribution in [-0.4, -0.2) is 5.91 Å². The molecule has 20 heavy (non-hydrogen) atoms. The number of halogens is 2. The number of nitrogen functional groups attached to an aromatic ring is 1. The molecule has 2 rings (SSSR count). The van der Waals surface area contributed by atoms with Crippen LogP contribution in [0.1, 0.15) is 12.0 Å². The van der Waals surface area contributed by atoms with Gasteiger partial charge in [-0.15, -0.1) is 0 Å². The molecular weight excluding hydrogens is 295 g/mol. The summed E-state index contributed by atoms with van der Waals surface area (Å²) in [4.78, 5) is 11.9. The van der Waals surface area contributed by atoms with Gasteiger partial charge in [-0.1, -0.05) is 41.4 Å². The number of aryl methyl sites for hydroxylation is 1. The molecular formula is C15H14Cl2N2O. The Hall–Kier alpha value is -1.71. The van der Waals surface area contributed by atoms with E-state index in [4.69, 9.17) is 28.9 Å². The molecule has 0 heterocycles. The minimum Gasteiger partial charge on any atom is -0.399 e. The Morgan fingerprint density at radius 2 is 1.85 bits per heavy atom. The van der Waals surface area contributed by atoms with Crippen molar-refractivity contribution in [1.29, 1.82) is 0 Å². The highest BCUT2D eigenvalue weighted by Gasteiger charge is 2.06. The van der Waals surface area contributed by atoms with Gasteiger partial charge in [0.1, 0.15) is 0 Å². The van der Waals surface area contributed by atoms with Gasteiger partial charge in [0.2, 0.25) is 5.91 Å². The van der Waals surface area contributed by atoms with Crippen LogP contribution in [0.15, 0.2) is 42.5 Å². The molecule has 0 spiro atoms. The zero-order valence-electron chi connectivity index (χ0n) is 10.7. The second-order valence-corrected chi connectivity index (χ2v) is 5.19. The van der Waals surface area contributed by atoms with Gasteiger partial charge in [-0.25, -0.2) is 0 Å². The van der Waals surface area contributed by atoms with E-state index in [-0.39, 0.29) is 5.91 Å². The Balaban J connectivity index is 1.93. The number of anilines is 2. The highest BCUT2D eigenvalue weighted by Crippen LogP contribution is 2.25. The summed E-state index contributed by atoms with van der Waals surface area (Å²) in [5.41, 5.74) is 8.13. The predicted octanol–water partition coefficient (Wildman–Crippen LogP) is 4.15. The first-order valence-electron chi connectivity index (χ1n) is 6.14. The maximum absolute atomic E-state index is 11.9. The van der Waals surface area contributed by atoms with E-state index in [9.17, 15) is 4.79 Å². The third kappa shape index (κ3) is 3.89. The molecule has 0 aliphatic carbocycles. The van der Waals surface area contributed by atoms with Gasteiger partial charge in [-0.2, -0.15) is 0 Å². The van der Waals surface area contributed by atoms with E-state index in [2.05, 4.69) is 5.32 Å². The maximum Gasteiger partial charge on any atom is 0.224 e. The molecule has 0 bridgehead atoms. The van der Waals surface area contributed by atoms with Crippen LogP contribution < -0.4 is 11.1 Å². The van der Waals surface area contributed by atoms with Crippen LogP contribution in [0.2, 0.25) is 10.0 Å². The van der Waals surface area contributed by atoms with Gasteiger partial charge >= 0.3 is 0 Å². The fraction of sp³-hybridized carbons (Fsp3) is 0.133. The molecule has 104 valence electrons. The van der Waals surface area contributed by atoms with Gasteiger partial charge in [0.25, 0.3) is 0 Å². The van der Waals surface area contributed by atoms with E-state index in [1.165, 1.54) is 0 Å². The lowest BCUT2D eigenvalue weighted by Crippen LogP contribution is -2.12. The molecule has 0 aromatic heterocycles. The first-order valence-corrected chi connectivity index (χ1v) is 6.90. The van der Waals surface area contributed by atoms with Gasteiger partial charge in [0.05, 0.1) is 10.0 Å². The summed E-state index contributed by atoms with van der Waals surface area (Å²) in [6.45, 7) is 0. The Morgan fingerprint density at radius 3 is 2.55 bits per heavy atom. The van der Waals surface area contributed by atoms with Crippen molar-refractivity contribution in [1.82, 2.24) is 0 Å². The summed E-state index contributed by atoms with van der Waals surface area (Å²) in [5, 5.41) is 3.65. The molecule has 0 saturated carbocycles. The Kier molecular flexibility index (Phi) is 4.88. The van der Waals surface area contributed by atoms with E-state index in [1.807, 2.05) is 24.3 Å². The number of nitrogens with two attached hydrogens (primary N) is 1. The van der Waals surface area contributed by atoms with Crippen molar-refractivity contribution in [3.05, 3.63) is 58.1 Å². The molecule has 0 aliphatic rings. The SMILES string of the molecule is Nc1ccccc1CCC(=O)Nc1ccc(Cl)c(Cl)c1. The van der Waals surface area contributed by atoms with E-state index < -0.39 is 0 Å². The van der Waals surface area contributed by atoms with Crippen LogP contribution in [0.3, 0.4) is 0 Å². The van der Waals surface area contributed by atoms with Crippen LogP contribution in [0.4, 0.5) is 11.4 Å². The van der Waals surface area contributed by atoms with Crippen molar-refractivity contribution in [2.45, 2.75) is 12.8 Å². The number of carbonyl (C=O) groups is 1. The van der Waals surface area contributed by atoms with E-state index in [0.29, 0.717) is 34.3 Å². The number of rotatable bonds is 4. The molecule has 3 N–H and O–H groups in total. The number of para-hydroxylation sites is 1. The quantitative estimate of drug-likeness (QED) is 0.834. The number of hydrogen-bond acceptors (Lipinski definition) is 2. The smallest absolute Gasteiger partial charge is 0.224 e. The molecule has 0 radical (unpaired) electrons. The van der Waals surface area contributed by atoms with Crippen LogP contribution in [0, 0.1) is 0 Å². The standard InChI is InChI=1S/C15H14Cl2N2O/c16-12-7-6-11(9-13(12)17)19-15(20)8-5-10-3-1-2-4-14(10)18/h1-4,6-7,9H,5,8,18H2,(H,19,20). The van der Waals surface area contributed by atoms with Gasteiger partial charge in [0, 0.05) is 17.8 Å². The van der Waals surface area contributed by atoms with E-state index >= 15 is 0 Å². The van der Waals surface area contributed by atoms with Gasteiger partial charge in [0.15, 0.2) is 0 Å². The number of carbonyl (C=O) groups excluding carboxylic acids is 1.